The zero-order valence-corrected chi connectivity index (χ0v) is 34.7. The fourth-order valence-corrected chi connectivity index (χ4v) is 9.61. The number of aromatic hydroxyl groups is 1. The molecule has 1 aliphatic carbocycles. The molecule has 0 fully saturated rings. The Labute approximate surface area is 351 Å². The molecule has 0 unspecified atom stereocenters. The summed E-state index contributed by atoms with van der Waals surface area (Å²) in [6.45, 7) is 6.76. The Morgan fingerprint density at radius 1 is 0.526 bits per heavy atom. The van der Waals surface area contributed by atoms with Gasteiger partial charge in [-0.1, -0.05) is 134 Å². The first-order valence-electron chi connectivity index (χ1n) is 19.0. The van der Waals surface area contributed by atoms with Crippen molar-refractivity contribution in [2.45, 2.75) is 26.2 Å². The molecule has 10 rings (SSSR count). The van der Waals surface area contributed by atoms with Crippen LogP contribution in [-0.2, 0) is 26.5 Å². The van der Waals surface area contributed by atoms with E-state index in [9.17, 15) is 5.11 Å². The van der Waals surface area contributed by atoms with Gasteiger partial charge >= 0.3 is 0 Å². The molecule has 5 heteroatoms. The normalized spacial score (nSPS) is 12.5. The van der Waals surface area contributed by atoms with E-state index in [1.165, 1.54) is 48.3 Å². The maximum atomic E-state index is 10.8. The number of phenols is 1. The molecule has 0 bridgehead atoms. The van der Waals surface area contributed by atoms with Crippen LogP contribution in [0.15, 0.2) is 164 Å². The Morgan fingerprint density at radius 3 is 1.98 bits per heavy atom. The predicted octanol–water partition coefficient (Wildman–Crippen LogP) is 13.8. The molecule has 0 radical (unpaired) electrons. The summed E-state index contributed by atoms with van der Waals surface area (Å²) < 4.78 is 1.26. The second-order valence-electron chi connectivity index (χ2n) is 15.1. The van der Waals surface area contributed by atoms with Crippen molar-refractivity contribution < 1.29 is 26.2 Å². The van der Waals surface area contributed by atoms with Crippen LogP contribution in [0.2, 0.25) is 0 Å². The second-order valence-corrected chi connectivity index (χ2v) is 16.2. The van der Waals surface area contributed by atoms with Gasteiger partial charge in [0.25, 0.3) is 0 Å². The van der Waals surface area contributed by atoms with Crippen LogP contribution >= 0.6 is 11.3 Å². The standard InChI is InChI=1S/C52H37N2OS.Pt/c1-32-26-38(51-50(42-20-9-12-23-49(42)56-51)36-24-25-40-39-18-7-10-21-43(39)52(2,3)44(40)28-36)31-45(53-32)34-16-13-17-35(27-34)46-29-37(33-14-5-4-6-15-33)30-47(54-46)41-19-8-11-22-48(41)55;/h4-26,28-31,55H,1-3H3;/q-1;. The number of aryl methyl sites for hydroxylation is 1. The molecule has 0 saturated heterocycles. The third kappa shape index (κ3) is 6.44. The van der Waals surface area contributed by atoms with E-state index >= 15 is 0 Å². The van der Waals surface area contributed by atoms with Crippen LogP contribution < -0.4 is 0 Å². The fourth-order valence-electron chi connectivity index (χ4n) is 8.39. The van der Waals surface area contributed by atoms with Crippen LogP contribution in [0.4, 0.5) is 0 Å². The van der Waals surface area contributed by atoms with E-state index in [-0.39, 0.29) is 32.2 Å². The third-order valence-electron chi connectivity index (χ3n) is 11.1. The van der Waals surface area contributed by atoms with Crippen molar-refractivity contribution in [2.75, 3.05) is 0 Å². The molecule has 6 aromatic carbocycles. The van der Waals surface area contributed by atoms with Crippen LogP contribution in [0.3, 0.4) is 0 Å². The van der Waals surface area contributed by atoms with Crippen molar-refractivity contribution in [1.29, 1.82) is 0 Å². The van der Waals surface area contributed by atoms with Gasteiger partial charge in [-0.05, 0) is 87.8 Å². The van der Waals surface area contributed by atoms with Gasteiger partial charge in [0.1, 0.15) is 5.75 Å². The molecular weight excluding hydrogens is 896 g/mol. The van der Waals surface area contributed by atoms with E-state index < -0.39 is 0 Å². The molecule has 0 atom stereocenters. The summed E-state index contributed by atoms with van der Waals surface area (Å²) in [5, 5.41) is 12.1. The van der Waals surface area contributed by atoms with Gasteiger partial charge < -0.3 is 5.11 Å². The minimum Gasteiger partial charge on any atom is -0.507 e. The van der Waals surface area contributed by atoms with Gasteiger partial charge in [-0.2, -0.15) is 0 Å². The molecule has 3 heterocycles. The number of fused-ring (bicyclic) bond motifs is 4. The molecule has 0 amide bonds. The number of rotatable bonds is 6. The molecule has 278 valence electrons. The van der Waals surface area contributed by atoms with Gasteiger partial charge in [0.2, 0.25) is 0 Å². The van der Waals surface area contributed by atoms with Crippen LogP contribution in [0.25, 0.3) is 87.7 Å². The van der Waals surface area contributed by atoms with Crippen molar-refractivity contribution in [3.63, 3.8) is 0 Å². The first-order chi connectivity index (χ1) is 27.3. The van der Waals surface area contributed by atoms with Gasteiger partial charge in [0.05, 0.1) is 5.69 Å². The molecule has 1 aliphatic rings. The Morgan fingerprint density at radius 2 is 1.18 bits per heavy atom. The number of nitrogens with zero attached hydrogens (tertiary/aromatic N) is 2. The number of pyridine rings is 2. The maximum Gasteiger partial charge on any atom is 0.124 e. The van der Waals surface area contributed by atoms with Gasteiger partial charge in [-0.15, -0.1) is 35.6 Å². The molecule has 9 aromatic rings. The molecule has 3 nitrogen and oxygen atoms in total. The number of thiophene rings is 1. The molecule has 0 aliphatic heterocycles. The Bertz CT molecular complexity index is 2980. The van der Waals surface area contributed by atoms with E-state index in [0.717, 1.165) is 44.9 Å². The first-order valence-corrected chi connectivity index (χ1v) is 19.8. The van der Waals surface area contributed by atoms with Crippen LogP contribution in [0, 0.1) is 13.0 Å². The monoisotopic (exact) mass is 932 g/mol. The molecule has 1 N–H and O–H groups in total. The Kier molecular flexibility index (Phi) is 9.36. The van der Waals surface area contributed by atoms with Gasteiger partial charge in [-0.25, -0.2) is 0 Å². The molecule has 0 saturated carbocycles. The summed E-state index contributed by atoms with van der Waals surface area (Å²) in [6, 6.07) is 60.7. The fraction of sp³-hybridized carbons (Fsp3) is 0.0769. The summed E-state index contributed by atoms with van der Waals surface area (Å²) in [6.07, 6.45) is 0. The summed E-state index contributed by atoms with van der Waals surface area (Å²) >= 11 is 1.84. The van der Waals surface area contributed by atoms with Gasteiger partial charge in [-0.3, -0.25) is 9.97 Å². The third-order valence-corrected chi connectivity index (χ3v) is 12.4. The summed E-state index contributed by atoms with van der Waals surface area (Å²) in [4.78, 5) is 11.4. The quantitative estimate of drug-likeness (QED) is 0.169. The van der Waals surface area contributed by atoms with E-state index in [1.807, 2.05) is 59.9 Å². The van der Waals surface area contributed by atoms with Gasteiger partial charge in [0.15, 0.2) is 0 Å². The number of phenolic OH excluding ortho intramolecular Hbond substituents is 1. The number of para-hydroxylation sites is 1. The molecule has 3 aromatic heterocycles. The average molecular weight is 933 g/mol. The van der Waals surface area contributed by atoms with E-state index in [4.69, 9.17) is 9.97 Å². The first kappa shape index (κ1) is 36.7. The van der Waals surface area contributed by atoms with Crippen molar-refractivity contribution in [1.82, 2.24) is 9.97 Å². The van der Waals surface area contributed by atoms with E-state index in [0.29, 0.717) is 11.3 Å². The Hall–Kier alpha value is -5.93. The summed E-state index contributed by atoms with van der Waals surface area (Å²) in [5.74, 6) is 0.194. The largest absolute Gasteiger partial charge is 0.507 e. The van der Waals surface area contributed by atoms with Crippen LogP contribution in [-0.4, -0.2) is 15.1 Å². The molecular formula is C52H37N2OPtS-. The van der Waals surface area contributed by atoms with Crippen molar-refractivity contribution >= 4 is 21.4 Å². The van der Waals surface area contributed by atoms with Crippen molar-refractivity contribution in [2.24, 2.45) is 0 Å². The molecule has 57 heavy (non-hydrogen) atoms. The van der Waals surface area contributed by atoms with Crippen LogP contribution in [0.5, 0.6) is 5.75 Å². The maximum absolute atomic E-state index is 10.8. The second kappa shape index (κ2) is 14.5. The number of aromatic nitrogens is 2. The Balaban J connectivity index is 0.00000422. The SMILES string of the molecule is Cc1cc(-c2sc3ccccc3c2-c2ccc3c(c2)C(C)(C)c2ccccc2-3)cc(-c2[c-]c(-c3cc(-c4ccccc4)cc(-c4ccccc4O)n3)ccc2)n1.[Pt]. The zero-order valence-electron chi connectivity index (χ0n) is 31.7. The summed E-state index contributed by atoms with van der Waals surface area (Å²) in [5.41, 5.74) is 16.7. The van der Waals surface area contributed by atoms with Crippen LogP contribution in [0.1, 0.15) is 30.7 Å². The number of benzene rings is 6. The average Bonchev–Trinajstić information content (AvgIpc) is 3.73. The zero-order chi connectivity index (χ0) is 38.0. The smallest absolute Gasteiger partial charge is 0.124 e. The number of hydrogen-bond donors (Lipinski definition) is 1. The number of hydrogen-bond acceptors (Lipinski definition) is 4. The topological polar surface area (TPSA) is 46.0 Å². The molecule has 0 spiro atoms. The van der Waals surface area contributed by atoms with E-state index in [1.54, 1.807) is 6.07 Å². The van der Waals surface area contributed by atoms with Crippen molar-refractivity contribution in [3.8, 4) is 83.3 Å². The van der Waals surface area contributed by atoms with Gasteiger partial charge in [0, 0.05) is 69.7 Å². The minimum atomic E-state index is -0.0904. The summed E-state index contributed by atoms with van der Waals surface area (Å²) in [7, 11) is 0. The van der Waals surface area contributed by atoms with Crippen molar-refractivity contribution in [3.05, 3.63) is 187 Å². The minimum absolute atomic E-state index is 0. The predicted molar refractivity (Wildman–Crippen MR) is 233 cm³/mol. The van der Waals surface area contributed by atoms with E-state index in [2.05, 4.69) is 136 Å².